The zero-order valence-corrected chi connectivity index (χ0v) is 15.2. The van der Waals surface area contributed by atoms with E-state index in [2.05, 4.69) is 0 Å². The average molecular weight is 398 g/mol. The molecule has 3 unspecified atom stereocenters. The molecule has 0 aliphatic carbocycles. The first-order valence-corrected chi connectivity index (χ1v) is 8.38. The SMILES string of the molecule is CC(=CCCC(OCC(O)CO)(OCC(O)CO)OCC(O)CO)C(=O)O. The Labute approximate surface area is 157 Å². The highest BCUT2D eigenvalue weighted by Gasteiger charge is 2.35. The maximum Gasteiger partial charge on any atom is 0.330 e. The second-order valence-electron chi connectivity index (χ2n) is 5.86. The van der Waals surface area contributed by atoms with Gasteiger partial charge in [0.1, 0.15) is 18.3 Å². The lowest BCUT2D eigenvalue weighted by molar-refractivity contribution is -0.395. The molecule has 27 heavy (non-hydrogen) atoms. The van der Waals surface area contributed by atoms with Crippen LogP contribution in [0.15, 0.2) is 11.6 Å². The van der Waals surface area contributed by atoms with E-state index in [1.54, 1.807) is 0 Å². The summed E-state index contributed by atoms with van der Waals surface area (Å²) in [4.78, 5) is 10.9. The third-order valence-corrected chi connectivity index (χ3v) is 3.36. The molecule has 11 heteroatoms. The highest BCUT2D eigenvalue weighted by Crippen LogP contribution is 2.24. The lowest BCUT2D eigenvalue weighted by atomic mass is 10.2. The highest BCUT2D eigenvalue weighted by molar-refractivity contribution is 5.85. The summed E-state index contributed by atoms with van der Waals surface area (Å²) in [6.45, 7) is -1.72. The Balaban J connectivity index is 5.31. The minimum Gasteiger partial charge on any atom is -0.478 e. The quantitative estimate of drug-likeness (QED) is 0.108. The van der Waals surface area contributed by atoms with Crippen molar-refractivity contribution in [2.24, 2.45) is 0 Å². The molecular formula is C16H30O11. The third-order valence-electron chi connectivity index (χ3n) is 3.36. The molecule has 3 atom stereocenters. The van der Waals surface area contributed by atoms with E-state index < -0.39 is 69.9 Å². The molecule has 0 aromatic heterocycles. The number of aliphatic carboxylic acids is 1. The van der Waals surface area contributed by atoms with Crippen LogP contribution in [-0.4, -0.2) is 106 Å². The van der Waals surface area contributed by atoms with E-state index in [9.17, 15) is 20.1 Å². The fourth-order valence-electron chi connectivity index (χ4n) is 1.72. The molecule has 0 rings (SSSR count). The number of carbonyl (C=O) groups is 1. The Morgan fingerprint density at radius 3 is 1.56 bits per heavy atom. The summed E-state index contributed by atoms with van der Waals surface area (Å²) in [6, 6.07) is 0. The zero-order chi connectivity index (χ0) is 20.9. The summed E-state index contributed by atoms with van der Waals surface area (Å²) in [5, 5.41) is 64.2. The number of ether oxygens (including phenoxy) is 3. The van der Waals surface area contributed by atoms with E-state index in [1.807, 2.05) is 0 Å². The largest absolute Gasteiger partial charge is 0.478 e. The summed E-state index contributed by atoms with van der Waals surface area (Å²) in [7, 11) is 0. The first-order valence-electron chi connectivity index (χ1n) is 8.38. The summed E-state index contributed by atoms with van der Waals surface area (Å²) < 4.78 is 16.2. The summed E-state index contributed by atoms with van der Waals surface area (Å²) in [6.07, 6.45) is -2.43. The van der Waals surface area contributed by atoms with Gasteiger partial charge < -0.3 is 50.0 Å². The molecule has 0 saturated carbocycles. The summed E-state index contributed by atoms with van der Waals surface area (Å²) in [5.74, 6) is -3.05. The van der Waals surface area contributed by atoms with Gasteiger partial charge in [-0.2, -0.15) is 0 Å². The predicted molar refractivity (Wildman–Crippen MR) is 90.5 cm³/mol. The van der Waals surface area contributed by atoms with Gasteiger partial charge in [0.25, 0.3) is 5.97 Å². The Kier molecular flexibility index (Phi) is 13.3. The van der Waals surface area contributed by atoms with Crippen molar-refractivity contribution in [3.8, 4) is 0 Å². The number of carboxylic acids is 1. The minimum atomic E-state index is -1.93. The Morgan fingerprint density at radius 1 is 0.889 bits per heavy atom. The van der Waals surface area contributed by atoms with Gasteiger partial charge in [0.05, 0.1) is 39.6 Å². The van der Waals surface area contributed by atoms with E-state index in [0.29, 0.717) is 0 Å². The lowest BCUT2D eigenvalue weighted by Gasteiger charge is -2.35. The van der Waals surface area contributed by atoms with Gasteiger partial charge in [-0.15, -0.1) is 0 Å². The van der Waals surface area contributed by atoms with Crippen LogP contribution in [0.3, 0.4) is 0 Å². The normalized spacial score (nSPS) is 18.0. The monoisotopic (exact) mass is 398 g/mol. The molecule has 0 aromatic carbocycles. The molecule has 0 radical (unpaired) electrons. The number of aliphatic hydroxyl groups is 6. The Morgan fingerprint density at radius 2 is 1.26 bits per heavy atom. The number of allylic oxidation sites excluding steroid dienone is 1. The fraction of sp³-hybridized carbons (Fsp3) is 0.812. The standard InChI is InChI=1S/C16H30O11/c1-11(15(23)24)3-2-4-16(25-8-12(20)5-17,26-9-13(21)6-18)27-10-14(22)7-19/h3,12-14,17-22H,2,4-10H2,1H3,(H,23,24). The zero-order valence-electron chi connectivity index (χ0n) is 15.2. The van der Waals surface area contributed by atoms with Crippen molar-refractivity contribution >= 4 is 5.97 Å². The fourth-order valence-corrected chi connectivity index (χ4v) is 1.72. The van der Waals surface area contributed by atoms with Crippen molar-refractivity contribution in [3.05, 3.63) is 11.6 Å². The molecule has 0 aliphatic heterocycles. The second kappa shape index (κ2) is 13.9. The topological polar surface area (TPSA) is 186 Å². The first-order chi connectivity index (χ1) is 12.7. The second-order valence-corrected chi connectivity index (χ2v) is 5.86. The van der Waals surface area contributed by atoms with Gasteiger partial charge in [0.15, 0.2) is 0 Å². The van der Waals surface area contributed by atoms with Gasteiger partial charge in [-0.1, -0.05) is 6.08 Å². The van der Waals surface area contributed by atoms with Crippen LogP contribution in [0.5, 0.6) is 0 Å². The predicted octanol–water partition coefficient (Wildman–Crippen LogP) is -2.44. The molecule has 11 nitrogen and oxygen atoms in total. The lowest BCUT2D eigenvalue weighted by Crippen LogP contribution is -2.45. The van der Waals surface area contributed by atoms with Crippen LogP contribution in [0, 0.1) is 0 Å². The number of rotatable bonds is 16. The van der Waals surface area contributed by atoms with Crippen LogP contribution in [0.1, 0.15) is 19.8 Å². The van der Waals surface area contributed by atoms with Crippen LogP contribution in [-0.2, 0) is 19.0 Å². The first kappa shape index (κ1) is 25.9. The molecule has 0 saturated heterocycles. The molecule has 0 bridgehead atoms. The molecule has 7 N–H and O–H groups in total. The average Bonchev–Trinajstić information content (AvgIpc) is 2.67. The molecule has 0 fully saturated rings. The van der Waals surface area contributed by atoms with Gasteiger partial charge in [-0.25, -0.2) is 4.79 Å². The Bertz CT molecular complexity index is 404. The molecule has 0 aliphatic rings. The van der Waals surface area contributed by atoms with E-state index in [-0.39, 0.29) is 18.4 Å². The maximum atomic E-state index is 10.9. The van der Waals surface area contributed by atoms with Gasteiger partial charge >= 0.3 is 5.97 Å². The van der Waals surface area contributed by atoms with Crippen molar-refractivity contribution in [2.45, 2.75) is 44.1 Å². The number of carboxylic acid groups (broad SMARTS) is 1. The van der Waals surface area contributed by atoms with Crippen LogP contribution in [0.4, 0.5) is 0 Å². The van der Waals surface area contributed by atoms with Crippen molar-refractivity contribution in [1.29, 1.82) is 0 Å². The van der Waals surface area contributed by atoms with Gasteiger partial charge in [0.2, 0.25) is 0 Å². The smallest absolute Gasteiger partial charge is 0.330 e. The minimum absolute atomic E-state index is 0.0603. The van der Waals surface area contributed by atoms with Crippen molar-refractivity contribution in [3.63, 3.8) is 0 Å². The number of hydrogen-bond donors (Lipinski definition) is 7. The molecular weight excluding hydrogens is 368 g/mol. The molecule has 0 spiro atoms. The van der Waals surface area contributed by atoms with Gasteiger partial charge in [-0.3, -0.25) is 0 Å². The van der Waals surface area contributed by atoms with Crippen molar-refractivity contribution in [1.82, 2.24) is 0 Å². The van der Waals surface area contributed by atoms with Gasteiger partial charge in [0, 0.05) is 12.0 Å². The molecule has 0 aromatic rings. The number of hydrogen-bond acceptors (Lipinski definition) is 10. The van der Waals surface area contributed by atoms with Crippen LogP contribution < -0.4 is 0 Å². The van der Waals surface area contributed by atoms with E-state index in [0.717, 1.165) is 0 Å². The highest BCUT2D eigenvalue weighted by atomic mass is 16.9. The van der Waals surface area contributed by atoms with Crippen LogP contribution in [0.2, 0.25) is 0 Å². The summed E-state index contributed by atoms with van der Waals surface area (Å²) >= 11 is 0. The van der Waals surface area contributed by atoms with E-state index in [1.165, 1.54) is 13.0 Å². The maximum absolute atomic E-state index is 10.9. The molecule has 0 heterocycles. The third kappa shape index (κ3) is 11.3. The molecule has 0 amide bonds. The van der Waals surface area contributed by atoms with Crippen molar-refractivity contribution in [2.75, 3.05) is 39.6 Å². The Hall–Kier alpha value is -1.15. The van der Waals surface area contributed by atoms with Crippen molar-refractivity contribution < 1.29 is 54.8 Å². The summed E-state index contributed by atoms with van der Waals surface area (Å²) in [5.41, 5.74) is 0.0603. The van der Waals surface area contributed by atoms with E-state index in [4.69, 9.17) is 34.6 Å². The van der Waals surface area contributed by atoms with Crippen LogP contribution in [0.25, 0.3) is 0 Å². The number of aliphatic hydroxyl groups excluding tert-OH is 6. The van der Waals surface area contributed by atoms with Gasteiger partial charge in [-0.05, 0) is 13.3 Å². The molecule has 160 valence electrons. The van der Waals surface area contributed by atoms with E-state index >= 15 is 0 Å². The van der Waals surface area contributed by atoms with Crippen LogP contribution >= 0.6 is 0 Å².